The molecule has 0 N–H and O–H groups in total. The quantitative estimate of drug-likeness (QED) is 0.795. The van der Waals surface area contributed by atoms with Crippen molar-refractivity contribution in [2.45, 2.75) is 0 Å². The molecule has 0 spiro atoms. The van der Waals surface area contributed by atoms with Crippen LogP contribution in [-0.2, 0) is 4.79 Å². The molecule has 0 unspecified atom stereocenters. The number of amides is 1. The summed E-state index contributed by atoms with van der Waals surface area (Å²) < 4.78 is 0. The number of nitrogens with zero attached hydrogens (tertiary/aromatic N) is 2. The molecule has 4 heteroatoms. The number of rotatable bonds is 1. The number of fused-ring (bicyclic) bond motifs is 1. The lowest BCUT2D eigenvalue weighted by Gasteiger charge is -2.25. The number of carbonyl (C=O) groups is 2. The lowest BCUT2D eigenvalue weighted by molar-refractivity contribution is -0.112. The van der Waals surface area contributed by atoms with Crippen LogP contribution in [0.5, 0.6) is 0 Å². The number of anilines is 1. The molecule has 1 heterocycles. The van der Waals surface area contributed by atoms with Crippen molar-refractivity contribution >= 4 is 28.8 Å². The second-order valence-electron chi connectivity index (χ2n) is 4.51. The molecule has 2 aromatic carbocycles. The van der Waals surface area contributed by atoms with Crippen molar-refractivity contribution in [3.05, 3.63) is 60.2 Å². The third kappa shape index (κ3) is 1.91. The Morgan fingerprint density at radius 2 is 1.55 bits per heavy atom. The number of aliphatic imine (C=N–C) groups is 1. The molecule has 0 saturated heterocycles. The van der Waals surface area contributed by atoms with E-state index in [4.69, 9.17) is 0 Å². The average Bonchev–Trinajstić information content (AvgIpc) is 2.50. The van der Waals surface area contributed by atoms with Crippen LogP contribution in [-0.4, -0.2) is 24.4 Å². The van der Waals surface area contributed by atoms with E-state index >= 15 is 0 Å². The number of Topliss-reactive ketones (excluding diaryl/α,β-unsaturated/α-hetero) is 1. The van der Waals surface area contributed by atoms with Crippen molar-refractivity contribution < 1.29 is 9.59 Å². The van der Waals surface area contributed by atoms with Crippen molar-refractivity contribution in [1.82, 2.24) is 0 Å². The minimum atomic E-state index is -0.377. The topological polar surface area (TPSA) is 49.7 Å². The average molecular weight is 264 g/mol. The maximum absolute atomic E-state index is 12.4. The number of para-hydroxylation sites is 2. The van der Waals surface area contributed by atoms with Crippen LogP contribution in [0.1, 0.15) is 10.4 Å². The van der Waals surface area contributed by atoms with Gasteiger partial charge in [-0.1, -0.05) is 30.3 Å². The second kappa shape index (κ2) is 4.74. The molecule has 1 amide bonds. The summed E-state index contributed by atoms with van der Waals surface area (Å²) in [7, 11) is 1.65. The van der Waals surface area contributed by atoms with E-state index in [0.717, 1.165) is 0 Å². The minimum Gasteiger partial charge on any atom is -0.309 e. The third-order valence-corrected chi connectivity index (χ3v) is 3.23. The van der Waals surface area contributed by atoms with Gasteiger partial charge in [0.15, 0.2) is 5.71 Å². The number of hydrogen-bond donors (Lipinski definition) is 0. The van der Waals surface area contributed by atoms with Gasteiger partial charge in [-0.2, -0.15) is 0 Å². The van der Waals surface area contributed by atoms with Gasteiger partial charge in [-0.25, -0.2) is 4.99 Å². The first kappa shape index (κ1) is 12.3. The first-order chi connectivity index (χ1) is 9.68. The fourth-order valence-electron chi connectivity index (χ4n) is 2.18. The molecule has 0 aromatic heterocycles. The number of carbonyl (C=O) groups excluding carboxylic acids is 2. The summed E-state index contributed by atoms with van der Waals surface area (Å²) >= 11 is 0. The molecule has 20 heavy (non-hydrogen) atoms. The lowest BCUT2D eigenvalue weighted by Crippen LogP contribution is -2.42. The fourth-order valence-corrected chi connectivity index (χ4v) is 2.18. The highest BCUT2D eigenvalue weighted by molar-refractivity contribution is 6.73. The Labute approximate surface area is 116 Å². The predicted octanol–water partition coefficient (Wildman–Crippen LogP) is 2.62. The Balaban J connectivity index is 2.13. The predicted molar refractivity (Wildman–Crippen MR) is 77.7 cm³/mol. The zero-order valence-electron chi connectivity index (χ0n) is 10.9. The summed E-state index contributed by atoms with van der Waals surface area (Å²) in [4.78, 5) is 30.3. The Hall–Kier alpha value is -2.75. The van der Waals surface area contributed by atoms with Crippen LogP contribution < -0.4 is 4.90 Å². The maximum atomic E-state index is 12.4. The summed E-state index contributed by atoms with van der Waals surface area (Å²) in [5.41, 5.74) is 1.67. The van der Waals surface area contributed by atoms with Crippen molar-refractivity contribution in [2.24, 2.45) is 4.99 Å². The van der Waals surface area contributed by atoms with Crippen LogP contribution in [0.15, 0.2) is 59.6 Å². The van der Waals surface area contributed by atoms with Crippen LogP contribution in [0, 0.1) is 0 Å². The molecule has 4 nitrogen and oxygen atoms in total. The monoisotopic (exact) mass is 264 g/mol. The van der Waals surface area contributed by atoms with Crippen molar-refractivity contribution in [2.75, 3.05) is 11.9 Å². The highest BCUT2D eigenvalue weighted by Gasteiger charge is 2.33. The molecule has 3 rings (SSSR count). The molecule has 2 aromatic rings. The Morgan fingerprint density at radius 1 is 0.900 bits per heavy atom. The van der Waals surface area contributed by atoms with Gasteiger partial charge in [0.25, 0.3) is 5.91 Å². The largest absolute Gasteiger partial charge is 0.309 e. The van der Waals surface area contributed by atoms with Gasteiger partial charge < -0.3 is 4.90 Å². The number of benzene rings is 2. The van der Waals surface area contributed by atoms with Crippen molar-refractivity contribution in [1.29, 1.82) is 0 Å². The van der Waals surface area contributed by atoms with Gasteiger partial charge in [-0.15, -0.1) is 0 Å². The zero-order valence-corrected chi connectivity index (χ0v) is 10.9. The molecule has 0 radical (unpaired) electrons. The zero-order chi connectivity index (χ0) is 14.1. The normalized spacial score (nSPS) is 16.4. The van der Waals surface area contributed by atoms with E-state index in [1.54, 1.807) is 43.4 Å². The Bertz CT molecular complexity index is 720. The molecule has 0 saturated carbocycles. The second-order valence-corrected chi connectivity index (χ2v) is 4.51. The third-order valence-electron chi connectivity index (χ3n) is 3.23. The van der Waals surface area contributed by atoms with E-state index in [9.17, 15) is 9.59 Å². The molecule has 1 aliphatic rings. The van der Waals surface area contributed by atoms with Gasteiger partial charge in [-0.3, -0.25) is 9.59 Å². The molecule has 0 fully saturated rings. The minimum absolute atomic E-state index is 0.0441. The van der Waals surface area contributed by atoms with E-state index in [0.29, 0.717) is 16.9 Å². The van der Waals surface area contributed by atoms with Gasteiger partial charge in [0.1, 0.15) is 0 Å². The van der Waals surface area contributed by atoms with E-state index in [-0.39, 0.29) is 17.4 Å². The van der Waals surface area contributed by atoms with E-state index in [1.165, 1.54) is 4.90 Å². The number of hydrogen-bond acceptors (Lipinski definition) is 3. The van der Waals surface area contributed by atoms with Gasteiger partial charge >= 0.3 is 0 Å². The van der Waals surface area contributed by atoms with Crippen LogP contribution in [0.25, 0.3) is 0 Å². The summed E-state index contributed by atoms with van der Waals surface area (Å²) in [5.74, 6) is -0.704. The van der Waals surface area contributed by atoms with Crippen LogP contribution in [0.4, 0.5) is 11.4 Å². The van der Waals surface area contributed by atoms with E-state index in [2.05, 4.69) is 4.99 Å². The molecular formula is C16H12N2O2. The summed E-state index contributed by atoms with van der Waals surface area (Å²) in [6.07, 6.45) is 0. The first-order valence-electron chi connectivity index (χ1n) is 6.24. The van der Waals surface area contributed by atoms with Crippen molar-refractivity contribution in [3.63, 3.8) is 0 Å². The van der Waals surface area contributed by atoms with Crippen LogP contribution >= 0.6 is 0 Å². The highest BCUT2D eigenvalue weighted by Crippen LogP contribution is 2.26. The standard InChI is InChI=1S/C16H12N2O2/c1-18-13-10-6-5-9-12(13)15(19)14(16(18)20)17-11-7-3-2-4-8-11/h2-10H,1H3. The fraction of sp³-hybridized carbons (Fsp3) is 0.0625. The molecule has 1 aliphatic heterocycles. The maximum Gasteiger partial charge on any atom is 0.280 e. The van der Waals surface area contributed by atoms with E-state index < -0.39 is 0 Å². The molecule has 0 bridgehead atoms. The van der Waals surface area contributed by atoms with Crippen LogP contribution in [0.2, 0.25) is 0 Å². The van der Waals surface area contributed by atoms with Gasteiger partial charge in [0.2, 0.25) is 5.78 Å². The summed E-state index contributed by atoms with van der Waals surface area (Å²) in [6.45, 7) is 0. The number of ketones is 1. The molecule has 0 aliphatic carbocycles. The van der Waals surface area contributed by atoms with Crippen LogP contribution in [0.3, 0.4) is 0 Å². The van der Waals surface area contributed by atoms with Crippen molar-refractivity contribution in [3.8, 4) is 0 Å². The van der Waals surface area contributed by atoms with Gasteiger partial charge in [0.05, 0.1) is 11.4 Å². The van der Waals surface area contributed by atoms with Gasteiger partial charge in [0, 0.05) is 12.6 Å². The summed E-state index contributed by atoms with van der Waals surface area (Å²) in [5, 5.41) is 0. The Kier molecular flexibility index (Phi) is 2.91. The highest BCUT2D eigenvalue weighted by atomic mass is 16.2. The molecule has 98 valence electrons. The molecular weight excluding hydrogens is 252 g/mol. The SMILES string of the molecule is CN1C(=O)C(=Nc2ccccc2)C(=O)c2ccccc21. The Morgan fingerprint density at radius 3 is 2.30 bits per heavy atom. The summed E-state index contributed by atoms with van der Waals surface area (Å²) in [6, 6.07) is 16.0. The van der Waals surface area contributed by atoms with Gasteiger partial charge in [-0.05, 0) is 24.3 Å². The smallest absolute Gasteiger partial charge is 0.280 e. The first-order valence-corrected chi connectivity index (χ1v) is 6.24. The lowest BCUT2D eigenvalue weighted by atomic mass is 9.98. The molecule has 0 atom stereocenters. The van der Waals surface area contributed by atoms with E-state index in [1.807, 2.05) is 18.2 Å².